The van der Waals surface area contributed by atoms with E-state index in [1.54, 1.807) is 13.8 Å². The molecule has 3 N–H and O–H groups in total. The van der Waals surface area contributed by atoms with Gasteiger partial charge in [0.05, 0.1) is 5.56 Å². The molecule has 0 spiro atoms. The van der Waals surface area contributed by atoms with Gasteiger partial charge in [-0.25, -0.2) is 19.4 Å². The molecule has 1 aliphatic rings. The minimum Gasteiger partial charge on any atom is -0.462 e. The summed E-state index contributed by atoms with van der Waals surface area (Å²) in [5.74, 6) is -0.938. The summed E-state index contributed by atoms with van der Waals surface area (Å²) in [6.45, 7) is 3.51. The molecule has 0 saturated carbocycles. The molecule has 2 atom stereocenters. The van der Waals surface area contributed by atoms with Gasteiger partial charge < -0.3 is 15.8 Å². The van der Waals surface area contributed by atoms with Crippen LogP contribution in [-0.4, -0.2) is 28.0 Å². The summed E-state index contributed by atoms with van der Waals surface area (Å²) in [6, 6.07) is 7.35. The average molecular weight is 368 g/mol. The fraction of sp³-hybridized carbons (Fsp3) is 0.278. The number of nitrogens with one attached hydrogen (secondary N) is 1. The van der Waals surface area contributed by atoms with E-state index in [-0.39, 0.29) is 29.3 Å². The predicted molar refractivity (Wildman–Crippen MR) is 95.2 cm³/mol. The molecular formula is C18H17FN6O2. The minimum atomic E-state index is -1.01. The topological polar surface area (TPSA) is 126 Å². The van der Waals surface area contributed by atoms with E-state index in [0.717, 1.165) is 0 Å². The van der Waals surface area contributed by atoms with Crippen LogP contribution >= 0.6 is 0 Å². The van der Waals surface area contributed by atoms with E-state index in [2.05, 4.69) is 20.3 Å². The zero-order valence-corrected chi connectivity index (χ0v) is 14.7. The van der Waals surface area contributed by atoms with Gasteiger partial charge in [0.25, 0.3) is 11.9 Å². The Bertz CT molecular complexity index is 953. The zero-order chi connectivity index (χ0) is 19.6. The summed E-state index contributed by atoms with van der Waals surface area (Å²) in [5.41, 5.74) is 5.17. The fourth-order valence-corrected chi connectivity index (χ4v) is 2.94. The van der Waals surface area contributed by atoms with Crippen LogP contribution < -0.4 is 11.1 Å². The summed E-state index contributed by atoms with van der Waals surface area (Å²) in [6.07, 6.45) is 1.42. The number of carbonyl (C=O) groups is 1. The molecule has 27 heavy (non-hydrogen) atoms. The quantitative estimate of drug-likeness (QED) is 0.854. The third kappa shape index (κ3) is 3.84. The maximum Gasteiger partial charge on any atom is 0.283 e. The second kappa shape index (κ2) is 6.99. The van der Waals surface area contributed by atoms with E-state index in [9.17, 15) is 9.18 Å². The summed E-state index contributed by atoms with van der Waals surface area (Å²) in [5, 5.41) is 11.3. The van der Waals surface area contributed by atoms with E-state index in [4.69, 9.17) is 15.7 Å². The van der Waals surface area contributed by atoms with Crippen LogP contribution in [0.4, 0.5) is 10.2 Å². The number of nitrogens with two attached hydrogens (primary N) is 1. The first-order valence-electron chi connectivity index (χ1n) is 8.17. The number of nitriles is 1. The number of anilines is 1. The lowest BCUT2D eigenvalue weighted by Gasteiger charge is -2.33. The Kier molecular flexibility index (Phi) is 4.73. The number of halogens is 1. The van der Waals surface area contributed by atoms with Gasteiger partial charge in [-0.2, -0.15) is 5.26 Å². The van der Waals surface area contributed by atoms with Gasteiger partial charge in [0.2, 0.25) is 0 Å². The highest BCUT2D eigenvalue weighted by molar-refractivity contribution is 6.02. The van der Waals surface area contributed by atoms with Gasteiger partial charge in [0.15, 0.2) is 0 Å². The van der Waals surface area contributed by atoms with Crippen molar-refractivity contribution in [2.24, 2.45) is 10.7 Å². The zero-order valence-electron chi connectivity index (χ0n) is 14.7. The second-order valence-electron chi connectivity index (χ2n) is 6.38. The summed E-state index contributed by atoms with van der Waals surface area (Å²) >= 11 is 0. The molecule has 0 aromatic carbocycles. The Labute approximate surface area is 154 Å². The van der Waals surface area contributed by atoms with E-state index < -0.39 is 17.3 Å². The lowest BCUT2D eigenvalue weighted by Crippen LogP contribution is -2.39. The molecule has 3 heterocycles. The van der Waals surface area contributed by atoms with Crippen molar-refractivity contribution in [3.05, 3.63) is 53.2 Å². The number of aromatic nitrogens is 2. The molecular weight excluding hydrogens is 351 g/mol. The Hall–Kier alpha value is -3.54. The molecule has 0 saturated heterocycles. The number of rotatable bonds is 3. The molecule has 3 rings (SSSR count). The number of nitrogens with zero attached hydrogens (tertiary/aromatic N) is 4. The fourth-order valence-electron chi connectivity index (χ4n) is 2.94. The third-order valence-electron chi connectivity index (χ3n) is 4.09. The first-order valence-corrected chi connectivity index (χ1v) is 8.17. The molecule has 2 aromatic rings. The van der Waals surface area contributed by atoms with Crippen LogP contribution in [0.1, 0.15) is 42.0 Å². The molecule has 0 bridgehead atoms. The summed E-state index contributed by atoms with van der Waals surface area (Å²) < 4.78 is 19.7. The lowest BCUT2D eigenvalue weighted by atomic mass is 9.90. The van der Waals surface area contributed by atoms with Crippen LogP contribution in [-0.2, 0) is 10.3 Å². The van der Waals surface area contributed by atoms with E-state index in [1.807, 2.05) is 6.07 Å². The lowest BCUT2D eigenvalue weighted by molar-refractivity contribution is 0.102. The molecule has 8 nitrogen and oxygen atoms in total. The number of aliphatic imine (C=N–C) groups is 1. The van der Waals surface area contributed by atoms with Crippen LogP contribution in [0.3, 0.4) is 0 Å². The first-order chi connectivity index (χ1) is 12.8. The van der Waals surface area contributed by atoms with Crippen LogP contribution in [0.5, 0.6) is 0 Å². The Morgan fingerprint density at radius 3 is 2.85 bits per heavy atom. The standard InChI is InChI=1S/C18H17FN6O2/c1-10-7-18(2,25-17(21)27-10)15-12(19)4-6-14(23-15)24-16(26)13-5-3-11(8-20)9-22-13/h3-6,9-10H,7H2,1-2H3,(H2,21,25)(H,23,24,26)/t10-,18-/m1/s1. The normalized spacial score (nSPS) is 21.6. The molecule has 0 fully saturated rings. The number of ether oxygens (including phenoxy) is 1. The molecule has 0 aliphatic carbocycles. The molecule has 2 aromatic heterocycles. The highest BCUT2D eigenvalue weighted by Gasteiger charge is 2.37. The number of hydrogen-bond acceptors (Lipinski definition) is 7. The smallest absolute Gasteiger partial charge is 0.283 e. The van der Waals surface area contributed by atoms with E-state index in [1.165, 1.54) is 30.5 Å². The largest absolute Gasteiger partial charge is 0.462 e. The van der Waals surface area contributed by atoms with Gasteiger partial charge in [-0.15, -0.1) is 0 Å². The number of hydrogen-bond donors (Lipinski definition) is 2. The monoisotopic (exact) mass is 368 g/mol. The maximum absolute atomic E-state index is 14.4. The van der Waals surface area contributed by atoms with Gasteiger partial charge in [0, 0.05) is 12.6 Å². The summed E-state index contributed by atoms with van der Waals surface area (Å²) in [7, 11) is 0. The van der Waals surface area contributed by atoms with Crippen LogP contribution in [0.25, 0.3) is 0 Å². The van der Waals surface area contributed by atoms with Crippen LogP contribution in [0.2, 0.25) is 0 Å². The molecule has 0 unspecified atom stereocenters. The highest BCUT2D eigenvalue weighted by atomic mass is 19.1. The van der Waals surface area contributed by atoms with Gasteiger partial charge in [0.1, 0.15) is 40.7 Å². The van der Waals surface area contributed by atoms with E-state index >= 15 is 0 Å². The SMILES string of the molecule is C[C@@H]1C[C@](C)(c2nc(NC(=O)c3ccc(C#N)cn3)ccc2F)N=C(N)O1. The highest BCUT2D eigenvalue weighted by Crippen LogP contribution is 2.35. The molecule has 9 heteroatoms. The number of amidine groups is 1. The van der Waals surface area contributed by atoms with Crippen LogP contribution in [0.15, 0.2) is 35.5 Å². The minimum absolute atomic E-state index is 0.0336. The van der Waals surface area contributed by atoms with Crippen molar-refractivity contribution in [3.8, 4) is 6.07 Å². The number of amides is 1. The average Bonchev–Trinajstić information content (AvgIpc) is 2.62. The van der Waals surface area contributed by atoms with Crippen molar-refractivity contribution >= 4 is 17.7 Å². The van der Waals surface area contributed by atoms with Crippen molar-refractivity contribution in [2.45, 2.75) is 31.9 Å². The van der Waals surface area contributed by atoms with Crippen molar-refractivity contribution in [1.82, 2.24) is 9.97 Å². The van der Waals surface area contributed by atoms with Crippen LogP contribution in [0, 0.1) is 17.1 Å². The molecule has 138 valence electrons. The molecule has 1 aliphatic heterocycles. The first kappa shape index (κ1) is 18.3. The van der Waals surface area contributed by atoms with Gasteiger partial charge in [-0.3, -0.25) is 4.79 Å². The van der Waals surface area contributed by atoms with Gasteiger partial charge >= 0.3 is 0 Å². The Balaban J connectivity index is 1.88. The molecule has 0 radical (unpaired) electrons. The number of carbonyl (C=O) groups excluding carboxylic acids is 1. The van der Waals surface area contributed by atoms with Gasteiger partial charge in [-0.1, -0.05) is 0 Å². The Morgan fingerprint density at radius 2 is 2.22 bits per heavy atom. The third-order valence-corrected chi connectivity index (χ3v) is 4.09. The van der Waals surface area contributed by atoms with Crippen molar-refractivity contribution in [1.29, 1.82) is 5.26 Å². The van der Waals surface area contributed by atoms with Crippen molar-refractivity contribution < 1.29 is 13.9 Å². The molecule has 1 amide bonds. The summed E-state index contributed by atoms with van der Waals surface area (Å²) in [4.78, 5) is 24.7. The maximum atomic E-state index is 14.4. The number of pyridine rings is 2. The van der Waals surface area contributed by atoms with Crippen molar-refractivity contribution in [3.63, 3.8) is 0 Å². The Morgan fingerprint density at radius 1 is 1.44 bits per heavy atom. The van der Waals surface area contributed by atoms with Crippen molar-refractivity contribution in [2.75, 3.05) is 5.32 Å². The van der Waals surface area contributed by atoms with E-state index in [0.29, 0.717) is 12.0 Å². The van der Waals surface area contributed by atoms with Gasteiger partial charge in [-0.05, 0) is 38.1 Å². The predicted octanol–water partition coefficient (Wildman–Crippen LogP) is 2.08. The second-order valence-corrected chi connectivity index (χ2v) is 6.38.